The summed E-state index contributed by atoms with van der Waals surface area (Å²) in [4.78, 5) is 19.8. The minimum Gasteiger partial charge on any atom is -0.364 e. The number of aromatic nitrogens is 1. The van der Waals surface area contributed by atoms with E-state index in [0.717, 1.165) is 5.56 Å². The smallest absolute Gasteiger partial charge is 0.299 e. The van der Waals surface area contributed by atoms with Gasteiger partial charge in [-0.15, -0.1) is 0 Å². The van der Waals surface area contributed by atoms with E-state index in [1.165, 1.54) is 0 Å². The number of hydrogen-bond acceptors (Lipinski definition) is 6. The molecule has 1 unspecified atom stereocenters. The monoisotopic (exact) mass is 347 g/mol. The van der Waals surface area contributed by atoms with Crippen molar-refractivity contribution < 1.29 is 4.92 Å². The second kappa shape index (κ2) is 8.29. The molecule has 1 N–H and O–H groups in total. The lowest BCUT2D eigenvalue weighted by Crippen LogP contribution is -2.52. The minimum absolute atomic E-state index is 0.145. The molecule has 0 saturated carbocycles. The van der Waals surface area contributed by atoms with E-state index in [-0.39, 0.29) is 22.7 Å². The van der Waals surface area contributed by atoms with Crippen LogP contribution in [0.25, 0.3) is 0 Å². The lowest BCUT2D eigenvalue weighted by atomic mass is 10.1. The van der Waals surface area contributed by atoms with Crippen molar-refractivity contribution >= 4 is 0 Å². The molecular weight excluding hydrogens is 318 g/mol. The van der Waals surface area contributed by atoms with Gasteiger partial charge < -0.3 is 10.2 Å². The van der Waals surface area contributed by atoms with E-state index in [0.29, 0.717) is 31.5 Å². The molecule has 1 aromatic rings. The van der Waals surface area contributed by atoms with E-state index in [2.05, 4.69) is 54.7 Å². The molecule has 0 aliphatic carbocycles. The fraction of sp³-hybridized carbons (Fsp3) is 0.611. The first-order chi connectivity index (χ1) is 11.8. The van der Waals surface area contributed by atoms with E-state index in [4.69, 9.17) is 0 Å². The zero-order valence-electron chi connectivity index (χ0n) is 15.8. The maximum absolute atomic E-state index is 11.7. The highest BCUT2D eigenvalue weighted by molar-refractivity contribution is 5.16. The number of nitro groups is 1. The Labute approximate surface area is 149 Å². The van der Waals surface area contributed by atoms with Crippen LogP contribution in [0.2, 0.25) is 0 Å². The highest BCUT2D eigenvalue weighted by Crippen LogP contribution is 2.23. The fourth-order valence-corrected chi connectivity index (χ4v) is 2.68. The Morgan fingerprint density at radius 2 is 2.04 bits per heavy atom. The van der Waals surface area contributed by atoms with Crippen molar-refractivity contribution in [1.29, 1.82) is 0 Å². The molecule has 0 fully saturated rings. The average molecular weight is 347 g/mol. The van der Waals surface area contributed by atoms with Crippen LogP contribution in [0.15, 0.2) is 36.0 Å². The zero-order valence-corrected chi connectivity index (χ0v) is 15.8. The third kappa shape index (κ3) is 4.92. The van der Waals surface area contributed by atoms with Gasteiger partial charge in [-0.05, 0) is 38.3 Å². The molecule has 2 rings (SSSR count). The summed E-state index contributed by atoms with van der Waals surface area (Å²) in [6.45, 7) is 12.0. The van der Waals surface area contributed by atoms with Crippen LogP contribution in [0, 0.1) is 16.0 Å². The lowest BCUT2D eigenvalue weighted by molar-refractivity contribution is -0.433. The van der Waals surface area contributed by atoms with Crippen molar-refractivity contribution in [1.82, 2.24) is 20.1 Å². The summed E-state index contributed by atoms with van der Waals surface area (Å²) in [7, 11) is 0. The molecule has 0 aromatic carbocycles. The predicted molar refractivity (Wildman–Crippen MR) is 97.9 cm³/mol. The third-order valence-corrected chi connectivity index (χ3v) is 4.71. The average Bonchev–Trinajstić information content (AvgIpc) is 2.56. The predicted octanol–water partition coefficient (Wildman–Crippen LogP) is 2.65. The van der Waals surface area contributed by atoms with Crippen molar-refractivity contribution in [3.63, 3.8) is 0 Å². The first kappa shape index (κ1) is 19.2. The summed E-state index contributed by atoms with van der Waals surface area (Å²) in [5.74, 6) is 1.01. The van der Waals surface area contributed by atoms with Crippen molar-refractivity contribution in [3.05, 3.63) is 51.7 Å². The zero-order chi connectivity index (χ0) is 18.6. The number of nitrogens with one attached hydrogen (secondary N) is 1. The first-order valence-corrected chi connectivity index (χ1v) is 8.81. The Hall–Kier alpha value is -2.15. The van der Waals surface area contributed by atoms with Crippen LogP contribution in [-0.4, -0.2) is 45.0 Å². The van der Waals surface area contributed by atoms with Crippen LogP contribution < -0.4 is 5.32 Å². The molecule has 1 aromatic heterocycles. The van der Waals surface area contributed by atoms with Crippen LogP contribution in [0.1, 0.15) is 40.2 Å². The van der Waals surface area contributed by atoms with Gasteiger partial charge >= 0.3 is 0 Å². The Morgan fingerprint density at radius 3 is 2.56 bits per heavy atom. The molecule has 0 amide bonds. The van der Waals surface area contributed by atoms with E-state index < -0.39 is 0 Å². The molecule has 25 heavy (non-hydrogen) atoms. The Kier molecular flexibility index (Phi) is 6.36. The van der Waals surface area contributed by atoms with Gasteiger partial charge in [0, 0.05) is 31.0 Å². The van der Waals surface area contributed by atoms with E-state index >= 15 is 0 Å². The highest BCUT2D eigenvalue weighted by Gasteiger charge is 2.34. The third-order valence-electron chi connectivity index (χ3n) is 4.71. The summed E-state index contributed by atoms with van der Waals surface area (Å²) in [5, 5.41) is 15.1. The molecule has 0 bridgehead atoms. The largest absolute Gasteiger partial charge is 0.364 e. The maximum Gasteiger partial charge on any atom is 0.299 e. The summed E-state index contributed by atoms with van der Waals surface area (Å²) in [6, 6.07) is 4.26. The summed E-state index contributed by atoms with van der Waals surface area (Å²) >= 11 is 0. The van der Waals surface area contributed by atoms with Gasteiger partial charge in [0.05, 0.1) is 18.1 Å². The quantitative estimate of drug-likeness (QED) is 0.604. The standard InChI is InChI=1S/C18H29N5O2/c1-13(2)15(5)20-18-17(23(24)25)11-21(14(3)4)12-22(18)10-16-7-6-8-19-9-16/h6-9,13-15,20H,10-12H2,1-5H3. The maximum atomic E-state index is 11.7. The molecule has 0 spiro atoms. The van der Waals surface area contributed by atoms with E-state index in [1.54, 1.807) is 6.20 Å². The normalized spacial score (nSPS) is 17.3. The molecule has 2 heterocycles. The first-order valence-electron chi connectivity index (χ1n) is 8.81. The van der Waals surface area contributed by atoms with Crippen LogP contribution in [0.3, 0.4) is 0 Å². The fourth-order valence-electron chi connectivity index (χ4n) is 2.68. The number of nitrogens with zero attached hydrogens (tertiary/aromatic N) is 4. The molecule has 0 radical (unpaired) electrons. The number of hydrogen-bond donors (Lipinski definition) is 1. The molecule has 7 nitrogen and oxygen atoms in total. The molecule has 1 aliphatic rings. The number of pyridine rings is 1. The lowest BCUT2D eigenvalue weighted by Gasteiger charge is -2.40. The van der Waals surface area contributed by atoms with Crippen LogP contribution in [0.4, 0.5) is 0 Å². The number of rotatable bonds is 7. The molecule has 138 valence electrons. The van der Waals surface area contributed by atoms with Crippen LogP contribution in [-0.2, 0) is 6.54 Å². The Morgan fingerprint density at radius 1 is 1.32 bits per heavy atom. The molecule has 1 atom stereocenters. The summed E-state index contributed by atoms with van der Waals surface area (Å²) < 4.78 is 0. The van der Waals surface area contributed by atoms with Gasteiger partial charge in [-0.25, -0.2) is 0 Å². The molecular formula is C18H29N5O2. The van der Waals surface area contributed by atoms with Crippen LogP contribution in [0.5, 0.6) is 0 Å². The van der Waals surface area contributed by atoms with Crippen molar-refractivity contribution in [2.75, 3.05) is 13.2 Å². The van der Waals surface area contributed by atoms with Crippen molar-refractivity contribution in [2.24, 2.45) is 5.92 Å². The second-order valence-electron chi connectivity index (χ2n) is 7.27. The SMILES string of the molecule is CC(C)C(C)NC1=C([N+](=O)[O-])CN(C(C)C)CN1Cc1cccnc1. The second-order valence-corrected chi connectivity index (χ2v) is 7.27. The van der Waals surface area contributed by atoms with E-state index in [1.807, 2.05) is 18.3 Å². The van der Waals surface area contributed by atoms with Crippen LogP contribution >= 0.6 is 0 Å². The van der Waals surface area contributed by atoms with Crippen molar-refractivity contribution in [2.45, 2.75) is 53.2 Å². The highest BCUT2D eigenvalue weighted by atomic mass is 16.6. The van der Waals surface area contributed by atoms with Gasteiger partial charge in [-0.3, -0.25) is 20.0 Å². The van der Waals surface area contributed by atoms with Crippen molar-refractivity contribution in [3.8, 4) is 0 Å². The molecule has 0 saturated heterocycles. The van der Waals surface area contributed by atoms with Gasteiger partial charge in [0.2, 0.25) is 0 Å². The Balaban J connectivity index is 2.37. The van der Waals surface area contributed by atoms with E-state index in [9.17, 15) is 10.1 Å². The topological polar surface area (TPSA) is 74.5 Å². The van der Waals surface area contributed by atoms with Gasteiger partial charge in [0.1, 0.15) is 0 Å². The van der Waals surface area contributed by atoms with Gasteiger partial charge in [0.25, 0.3) is 5.70 Å². The summed E-state index contributed by atoms with van der Waals surface area (Å²) in [6.07, 6.45) is 3.54. The minimum atomic E-state index is -0.250. The summed E-state index contributed by atoms with van der Waals surface area (Å²) in [5.41, 5.74) is 1.27. The Bertz CT molecular complexity index is 615. The van der Waals surface area contributed by atoms with Gasteiger partial charge in [0.15, 0.2) is 5.82 Å². The van der Waals surface area contributed by atoms with Gasteiger partial charge in [-0.1, -0.05) is 19.9 Å². The molecule has 1 aliphatic heterocycles. The van der Waals surface area contributed by atoms with Gasteiger partial charge in [-0.2, -0.15) is 0 Å². The molecule has 7 heteroatoms.